The Morgan fingerprint density at radius 3 is 1.48 bits per heavy atom. The molecule has 0 radical (unpaired) electrons. The van der Waals surface area contributed by atoms with Crippen LogP contribution in [0.25, 0.3) is 0 Å². The highest BCUT2D eigenvalue weighted by Crippen LogP contribution is 2.26. The summed E-state index contributed by atoms with van der Waals surface area (Å²) in [6.45, 7) is 2.45. The van der Waals surface area contributed by atoms with Crippen LogP contribution in [0.2, 0.25) is 0 Å². The molecular weight excluding hydrogens is 865 g/mol. The molecular formula is C52H90O15. The van der Waals surface area contributed by atoms with Crippen molar-refractivity contribution < 1.29 is 73.8 Å². The summed E-state index contributed by atoms with van der Waals surface area (Å²) in [5.74, 6) is -0.951. The Morgan fingerprint density at radius 2 is 0.940 bits per heavy atom. The van der Waals surface area contributed by atoms with Crippen LogP contribution in [-0.4, -0.2) is 142 Å². The lowest BCUT2D eigenvalue weighted by Gasteiger charge is -2.42. The fourth-order valence-corrected chi connectivity index (χ4v) is 7.85. The molecule has 0 amide bonds. The van der Waals surface area contributed by atoms with E-state index < -0.39 is 99.3 Å². The largest absolute Gasteiger partial charge is 0.462 e. The summed E-state index contributed by atoms with van der Waals surface area (Å²) in [5, 5.41) is 72.1. The van der Waals surface area contributed by atoms with Crippen LogP contribution in [0.4, 0.5) is 0 Å². The average Bonchev–Trinajstić information content (AvgIpc) is 3.32. The van der Waals surface area contributed by atoms with Crippen LogP contribution in [0.5, 0.6) is 0 Å². The number of esters is 2. The van der Waals surface area contributed by atoms with Crippen molar-refractivity contribution in [3.8, 4) is 0 Å². The van der Waals surface area contributed by atoms with Gasteiger partial charge in [-0.25, -0.2) is 0 Å². The van der Waals surface area contributed by atoms with Gasteiger partial charge in [-0.05, 0) is 51.4 Å². The molecule has 2 aliphatic rings. The zero-order valence-corrected chi connectivity index (χ0v) is 40.9. The van der Waals surface area contributed by atoms with Gasteiger partial charge in [-0.2, -0.15) is 0 Å². The molecule has 388 valence electrons. The van der Waals surface area contributed by atoms with Crippen LogP contribution >= 0.6 is 0 Å². The van der Waals surface area contributed by atoms with Gasteiger partial charge >= 0.3 is 11.9 Å². The summed E-state index contributed by atoms with van der Waals surface area (Å²) < 4.78 is 33.5. The van der Waals surface area contributed by atoms with Crippen molar-refractivity contribution in [3.63, 3.8) is 0 Å². The molecule has 67 heavy (non-hydrogen) atoms. The minimum Gasteiger partial charge on any atom is -0.462 e. The lowest BCUT2D eigenvalue weighted by molar-refractivity contribution is -0.332. The first-order valence-corrected chi connectivity index (χ1v) is 25.7. The van der Waals surface area contributed by atoms with E-state index >= 15 is 0 Å². The molecule has 0 spiro atoms. The van der Waals surface area contributed by atoms with E-state index in [4.69, 9.17) is 28.4 Å². The molecule has 0 aromatic carbocycles. The molecule has 0 aliphatic carbocycles. The number of hydrogen-bond donors (Lipinski definition) is 7. The molecule has 11 atom stereocenters. The predicted molar refractivity (Wildman–Crippen MR) is 257 cm³/mol. The molecule has 2 rings (SSSR count). The third-order valence-corrected chi connectivity index (χ3v) is 12.1. The van der Waals surface area contributed by atoms with Crippen molar-refractivity contribution in [1.29, 1.82) is 0 Å². The van der Waals surface area contributed by atoms with Crippen LogP contribution < -0.4 is 0 Å². The number of allylic oxidation sites excluding steroid dienone is 8. The van der Waals surface area contributed by atoms with Gasteiger partial charge in [0.05, 0.1) is 19.8 Å². The van der Waals surface area contributed by atoms with Gasteiger partial charge in [0.15, 0.2) is 18.7 Å². The molecule has 0 aromatic rings. The third-order valence-electron chi connectivity index (χ3n) is 12.1. The van der Waals surface area contributed by atoms with Gasteiger partial charge in [0.25, 0.3) is 0 Å². The van der Waals surface area contributed by atoms with Gasteiger partial charge in [0.1, 0.15) is 55.4 Å². The zero-order valence-electron chi connectivity index (χ0n) is 40.9. The second kappa shape index (κ2) is 39.2. The number of ether oxygens (including phenoxy) is 6. The summed E-state index contributed by atoms with van der Waals surface area (Å²) in [6.07, 6.45) is 25.6. The highest BCUT2D eigenvalue weighted by Gasteiger charge is 2.47. The van der Waals surface area contributed by atoms with Gasteiger partial charge in [0, 0.05) is 12.8 Å². The second-order valence-electron chi connectivity index (χ2n) is 18.0. The highest BCUT2D eigenvalue weighted by molar-refractivity contribution is 5.70. The Kier molecular flexibility index (Phi) is 35.5. The highest BCUT2D eigenvalue weighted by atomic mass is 16.7. The maximum absolute atomic E-state index is 13.0. The Hall–Kier alpha value is -2.54. The van der Waals surface area contributed by atoms with E-state index in [0.717, 1.165) is 70.6 Å². The van der Waals surface area contributed by atoms with Gasteiger partial charge in [0.2, 0.25) is 0 Å². The molecule has 2 aliphatic heterocycles. The van der Waals surface area contributed by atoms with Crippen molar-refractivity contribution in [2.24, 2.45) is 0 Å². The van der Waals surface area contributed by atoms with E-state index in [1.165, 1.54) is 64.2 Å². The Bertz CT molecular complexity index is 1350. The maximum Gasteiger partial charge on any atom is 0.306 e. The number of unbranched alkanes of at least 4 members (excludes halogenated alkanes) is 17. The first kappa shape index (κ1) is 60.6. The van der Waals surface area contributed by atoms with Crippen molar-refractivity contribution in [2.75, 3.05) is 26.4 Å². The lowest BCUT2D eigenvalue weighted by Crippen LogP contribution is -2.61. The van der Waals surface area contributed by atoms with Gasteiger partial charge in [-0.15, -0.1) is 0 Å². The van der Waals surface area contributed by atoms with E-state index in [1.54, 1.807) is 0 Å². The molecule has 2 heterocycles. The average molecular weight is 955 g/mol. The Morgan fingerprint density at radius 1 is 0.493 bits per heavy atom. The number of rotatable bonds is 39. The molecule has 15 nitrogen and oxygen atoms in total. The summed E-state index contributed by atoms with van der Waals surface area (Å²) in [6, 6.07) is 0. The molecule has 15 heteroatoms. The minimum absolute atomic E-state index is 0.137. The first-order chi connectivity index (χ1) is 32.5. The topological polar surface area (TPSA) is 231 Å². The third kappa shape index (κ3) is 27.4. The molecule has 7 N–H and O–H groups in total. The van der Waals surface area contributed by atoms with Crippen LogP contribution in [0.15, 0.2) is 48.6 Å². The van der Waals surface area contributed by atoms with E-state index in [9.17, 15) is 45.3 Å². The Balaban J connectivity index is 1.82. The van der Waals surface area contributed by atoms with Crippen LogP contribution in [0.3, 0.4) is 0 Å². The summed E-state index contributed by atoms with van der Waals surface area (Å²) in [7, 11) is 0. The molecule has 0 bridgehead atoms. The molecule has 0 saturated carbocycles. The lowest BCUT2D eigenvalue weighted by atomic mass is 9.98. The second-order valence-corrected chi connectivity index (χ2v) is 18.0. The standard InChI is InChI=1S/C52H90O15/c1-3-5-7-9-11-13-15-17-19-20-21-23-25-27-29-31-33-35-44(55)65-40(37-62-43(54)34-32-30-28-26-24-22-18-16-14-12-10-8-6-4-2)38-63-51-50(61)48(59)46(57)42(67-51)39-64-52-49(60)47(58)45(56)41(36-53)66-52/h5,7,11,13,17,19,21,23,40-42,45-53,56-61H,3-4,6,8-10,12,14-16,18,20,22,24-39H2,1-2H3/b7-5-,13-11-,19-17-,23-21-. The summed E-state index contributed by atoms with van der Waals surface area (Å²) in [4.78, 5) is 25.8. The minimum atomic E-state index is -1.77. The summed E-state index contributed by atoms with van der Waals surface area (Å²) in [5.41, 5.74) is 0. The molecule has 2 saturated heterocycles. The first-order valence-electron chi connectivity index (χ1n) is 25.7. The predicted octanol–water partition coefficient (Wildman–Crippen LogP) is 7.10. The van der Waals surface area contributed by atoms with Crippen LogP contribution in [0.1, 0.15) is 174 Å². The fourth-order valence-electron chi connectivity index (χ4n) is 7.85. The Labute approximate surface area is 401 Å². The monoisotopic (exact) mass is 955 g/mol. The van der Waals surface area contributed by atoms with Crippen LogP contribution in [-0.2, 0) is 38.0 Å². The molecule has 0 aromatic heterocycles. The quantitative estimate of drug-likeness (QED) is 0.0185. The van der Waals surface area contributed by atoms with Crippen LogP contribution in [0, 0.1) is 0 Å². The number of aliphatic hydroxyl groups is 7. The van der Waals surface area contributed by atoms with E-state index in [-0.39, 0.29) is 19.4 Å². The van der Waals surface area contributed by atoms with E-state index in [1.807, 2.05) is 0 Å². The van der Waals surface area contributed by atoms with Crippen molar-refractivity contribution >= 4 is 11.9 Å². The summed E-state index contributed by atoms with van der Waals surface area (Å²) >= 11 is 0. The number of hydrogen-bond acceptors (Lipinski definition) is 15. The van der Waals surface area contributed by atoms with E-state index in [2.05, 4.69) is 62.5 Å². The maximum atomic E-state index is 13.0. The molecule has 11 unspecified atom stereocenters. The fraction of sp³-hybridized carbons (Fsp3) is 0.808. The van der Waals surface area contributed by atoms with Gasteiger partial charge in [-0.1, -0.05) is 159 Å². The van der Waals surface area contributed by atoms with Crippen molar-refractivity contribution in [3.05, 3.63) is 48.6 Å². The number of carbonyl (C=O) groups is 2. The number of aliphatic hydroxyl groups excluding tert-OH is 7. The number of carbonyl (C=O) groups excluding carboxylic acids is 2. The zero-order chi connectivity index (χ0) is 48.9. The van der Waals surface area contributed by atoms with Gasteiger partial charge in [-0.3, -0.25) is 9.59 Å². The SMILES string of the molecule is CC/C=C\C/C=C\C/C=C\C/C=C\CCCCCCC(=O)OC(COC(=O)CCCCCCCCCCCCCCCC)COC1OC(COC2OC(CO)C(O)C(O)C2O)C(O)C(O)C1O. The normalized spacial score (nSPS) is 26.3. The molecule has 2 fully saturated rings. The smallest absolute Gasteiger partial charge is 0.306 e. The van der Waals surface area contributed by atoms with Crippen molar-refractivity contribution in [2.45, 2.75) is 242 Å². The van der Waals surface area contributed by atoms with Gasteiger partial charge < -0.3 is 64.2 Å². The van der Waals surface area contributed by atoms with Crippen molar-refractivity contribution in [1.82, 2.24) is 0 Å². The van der Waals surface area contributed by atoms with E-state index in [0.29, 0.717) is 12.8 Å².